The standard InChI is InChI=1S/C13H20N2OS/c1-15(2)9-8-14-13(16)12-6-4-11(5-7-12)10-17-3/h4-7H,8-10H2,1-3H3,(H,14,16). The largest absolute Gasteiger partial charge is 0.351 e. The summed E-state index contributed by atoms with van der Waals surface area (Å²) in [6.45, 7) is 1.54. The summed E-state index contributed by atoms with van der Waals surface area (Å²) in [6.07, 6.45) is 2.07. The molecule has 0 saturated carbocycles. The summed E-state index contributed by atoms with van der Waals surface area (Å²) in [6, 6.07) is 7.79. The second-order valence-corrected chi connectivity index (χ2v) is 5.06. The molecule has 0 spiro atoms. The Bertz CT molecular complexity index is 349. The van der Waals surface area contributed by atoms with Gasteiger partial charge in [-0.05, 0) is 38.0 Å². The first-order valence-corrected chi connectivity index (χ1v) is 7.03. The molecule has 1 amide bonds. The molecule has 0 bridgehead atoms. The first-order valence-electron chi connectivity index (χ1n) is 5.64. The van der Waals surface area contributed by atoms with Crippen molar-refractivity contribution in [1.82, 2.24) is 10.2 Å². The molecule has 1 rings (SSSR count). The second kappa shape index (κ2) is 7.35. The summed E-state index contributed by atoms with van der Waals surface area (Å²) in [5.74, 6) is 0.991. The van der Waals surface area contributed by atoms with Gasteiger partial charge in [0.2, 0.25) is 0 Å². The average molecular weight is 252 g/mol. The van der Waals surface area contributed by atoms with Crippen molar-refractivity contribution in [3.05, 3.63) is 35.4 Å². The molecule has 0 unspecified atom stereocenters. The molecule has 0 aliphatic carbocycles. The Morgan fingerprint density at radius 3 is 2.47 bits per heavy atom. The zero-order chi connectivity index (χ0) is 12.7. The number of nitrogens with one attached hydrogen (secondary N) is 1. The van der Waals surface area contributed by atoms with Crippen LogP contribution in [0.5, 0.6) is 0 Å². The smallest absolute Gasteiger partial charge is 0.251 e. The number of amides is 1. The monoisotopic (exact) mass is 252 g/mol. The molecular formula is C13H20N2OS. The molecule has 4 heteroatoms. The Morgan fingerprint density at radius 1 is 1.29 bits per heavy atom. The van der Waals surface area contributed by atoms with E-state index in [-0.39, 0.29) is 5.91 Å². The molecule has 0 atom stereocenters. The van der Waals surface area contributed by atoms with Gasteiger partial charge in [-0.3, -0.25) is 4.79 Å². The topological polar surface area (TPSA) is 32.3 Å². The van der Waals surface area contributed by atoms with E-state index in [0.717, 1.165) is 17.9 Å². The van der Waals surface area contributed by atoms with Gasteiger partial charge in [-0.1, -0.05) is 12.1 Å². The molecular weight excluding hydrogens is 232 g/mol. The van der Waals surface area contributed by atoms with Crippen LogP contribution in [0, 0.1) is 0 Å². The van der Waals surface area contributed by atoms with Crippen molar-refractivity contribution in [3.63, 3.8) is 0 Å². The summed E-state index contributed by atoms with van der Waals surface area (Å²) >= 11 is 1.78. The summed E-state index contributed by atoms with van der Waals surface area (Å²) in [5, 5.41) is 2.90. The van der Waals surface area contributed by atoms with Gasteiger partial charge >= 0.3 is 0 Å². The van der Waals surface area contributed by atoms with Gasteiger partial charge in [0.1, 0.15) is 0 Å². The third kappa shape index (κ3) is 5.24. The lowest BCUT2D eigenvalue weighted by atomic mass is 10.1. The van der Waals surface area contributed by atoms with Crippen molar-refractivity contribution in [2.45, 2.75) is 5.75 Å². The fourth-order valence-corrected chi connectivity index (χ4v) is 1.94. The van der Waals surface area contributed by atoms with Gasteiger partial charge in [0.05, 0.1) is 0 Å². The van der Waals surface area contributed by atoms with Crippen LogP contribution in [0.25, 0.3) is 0 Å². The third-order valence-corrected chi connectivity index (χ3v) is 2.99. The molecule has 0 saturated heterocycles. The molecule has 1 N–H and O–H groups in total. The molecule has 0 heterocycles. The first kappa shape index (κ1) is 14.1. The summed E-state index contributed by atoms with van der Waals surface area (Å²) < 4.78 is 0. The SMILES string of the molecule is CSCc1ccc(C(=O)NCCN(C)C)cc1. The maximum absolute atomic E-state index is 11.8. The number of benzene rings is 1. The lowest BCUT2D eigenvalue weighted by Crippen LogP contribution is -2.31. The molecule has 0 aliphatic rings. The molecule has 0 aliphatic heterocycles. The van der Waals surface area contributed by atoms with Crippen LogP contribution >= 0.6 is 11.8 Å². The van der Waals surface area contributed by atoms with Gasteiger partial charge < -0.3 is 10.2 Å². The summed E-state index contributed by atoms with van der Waals surface area (Å²) in [5.41, 5.74) is 1.98. The average Bonchev–Trinajstić information content (AvgIpc) is 2.30. The van der Waals surface area contributed by atoms with Crippen LogP contribution in [0.4, 0.5) is 0 Å². The Kier molecular flexibility index (Phi) is 6.08. The van der Waals surface area contributed by atoms with Crippen molar-refractivity contribution in [3.8, 4) is 0 Å². The van der Waals surface area contributed by atoms with E-state index in [2.05, 4.69) is 11.6 Å². The molecule has 0 radical (unpaired) electrons. The molecule has 1 aromatic rings. The zero-order valence-electron chi connectivity index (χ0n) is 10.7. The zero-order valence-corrected chi connectivity index (χ0v) is 11.5. The van der Waals surface area contributed by atoms with Crippen LogP contribution in [0.1, 0.15) is 15.9 Å². The van der Waals surface area contributed by atoms with Crippen LogP contribution in [0.2, 0.25) is 0 Å². The lowest BCUT2D eigenvalue weighted by molar-refractivity contribution is 0.0951. The van der Waals surface area contributed by atoms with E-state index in [0.29, 0.717) is 6.54 Å². The minimum absolute atomic E-state index is 0.00236. The van der Waals surface area contributed by atoms with E-state index >= 15 is 0 Å². The Morgan fingerprint density at radius 2 is 1.94 bits per heavy atom. The fraction of sp³-hybridized carbons (Fsp3) is 0.462. The highest BCUT2D eigenvalue weighted by Gasteiger charge is 2.04. The van der Waals surface area contributed by atoms with E-state index in [1.807, 2.05) is 43.3 Å². The number of thioether (sulfide) groups is 1. The summed E-state index contributed by atoms with van der Waals surface area (Å²) in [7, 11) is 3.98. The Balaban J connectivity index is 2.46. The molecule has 0 fully saturated rings. The number of hydrogen-bond donors (Lipinski definition) is 1. The van der Waals surface area contributed by atoms with Crippen molar-refractivity contribution in [2.75, 3.05) is 33.4 Å². The van der Waals surface area contributed by atoms with E-state index in [1.165, 1.54) is 5.56 Å². The van der Waals surface area contributed by atoms with Crippen molar-refractivity contribution >= 4 is 17.7 Å². The minimum Gasteiger partial charge on any atom is -0.351 e. The molecule has 0 aromatic heterocycles. The normalized spacial score (nSPS) is 10.6. The first-order chi connectivity index (χ1) is 8.13. The lowest BCUT2D eigenvalue weighted by Gasteiger charge is -2.10. The van der Waals surface area contributed by atoms with Gasteiger partial charge in [0.15, 0.2) is 0 Å². The molecule has 1 aromatic carbocycles. The fourth-order valence-electron chi connectivity index (χ4n) is 1.41. The van der Waals surface area contributed by atoms with Crippen molar-refractivity contribution < 1.29 is 4.79 Å². The maximum Gasteiger partial charge on any atom is 0.251 e. The maximum atomic E-state index is 11.8. The van der Waals surface area contributed by atoms with Crippen LogP contribution < -0.4 is 5.32 Å². The number of likely N-dealkylation sites (N-methyl/N-ethyl adjacent to an activating group) is 1. The van der Waals surface area contributed by atoms with Gasteiger partial charge in [-0.15, -0.1) is 0 Å². The van der Waals surface area contributed by atoms with E-state index in [1.54, 1.807) is 11.8 Å². The number of rotatable bonds is 6. The molecule has 3 nitrogen and oxygen atoms in total. The minimum atomic E-state index is 0.00236. The van der Waals surface area contributed by atoms with Crippen LogP contribution in [-0.4, -0.2) is 44.2 Å². The van der Waals surface area contributed by atoms with Crippen LogP contribution in [0.3, 0.4) is 0 Å². The predicted molar refractivity (Wildman–Crippen MR) is 74.5 cm³/mol. The highest BCUT2D eigenvalue weighted by atomic mass is 32.2. The summed E-state index contributed by atoms with van der Waals surface area (Å²) in [4.78, 5) is 13.8. The number of carbonyl (C=O) groups excluding carboxylic acids is 1. The van der Waals surface area contributed by atoms with E-state index < -0.39 is 0 Å². The number of nitrogens with zero attached hydrogens (tertiary/aromatic N) is 1. The van der Waals surface area contributed by atoms with Crippen molar-refractivity contribution in [2.24, 2.45) is 0 Å². The molecule has 94 valence electrons. The number of carbonyl (C=O) groups is 1. The predicted octanol–water partition coefficient (Wildman–Crippen LogP) is 1.84. The van der Waals surface area contributed by atoms with Crippen LogP contribution in [0.15, 0.2) is 24.3 Å². The highest BCUT2D eigenvalue weighted by Crippen LogP contribution is 2.10. The Labute approximate surface area is 108 Å². The van der Waals surface area contributed by atoms with Gasteiger partial charge in [-0.2, -0.15) is 11.8 Å². The Hall–Kier alpha value is -1.00. The van der Waals surface area contributed by atoms with Crippen LogP contribution in [-0.2, 0) is 5.75 Å². The van der Waals surface area contributed by atoms with Crippen molar-refractivity contribution in [1.29, 1.82) is 0 Å². The second-order valence-electron chi connectivity index (χ2n) is 4.19. The highest BCUT2D eigenvalue weighted by molar-refractivity contribution is 7.97. The third-order valence-electron chi connectivity index (χ3n) is 2.37. The quantitative estimate of drug-likeness (QED) is 0.838. The number of hydrogen-bond acceptors (Lipinski definition) is 3. The van der Waals surface area contributed by atoms with Gasteiger partial charge in [-0.25, -0.2) is 0 Å². The van der Waals surface area contributed by atoms with E-state index in [4.69, 9.17) is 0 Å². The van der Waals surface area contributed by atoms with Gasteiger partial charge in [0, 0.05) is 24.4 Å². The molecule has 17 heavy (non-hydrogen) atoms. The van der Waals surface area contributed by atoms with Gasteiger partial charge in [0.25, 0.3) is 5.91 Å². The van der Waals surface area contributed by atoms with E-state index in [9.17, 15) is 4.79 Å².